The highest BCUT2D eigenvalue weighted by Gasteiger charge is 2.21. The molecule has 0 bridgehead atoms. The Morgan fingerprint density at radius 1 is 1.00 bits per heavy atom. The van der Waals surface area contributed by atoms with E-state index in [1.54, 1.807) is 24.3 Å². The summed E-state index contributed by atoms with van der Waals surface area (Å²) in [6.45, 7) is 7.83. The molecule has 0 atom stereocenters. The van der Waals surface area contributed by atoms with Crippen LogP contribution in [0.5, 0.6) is 0 Å². The monoisotopic (exact) mass is 370 g/mol. The van der Waals surface area contributed by atoms with Gasteiger partial charge in [0.1, 0.15) is 12.1 Å². The van der Waals surface area contributed by atoms with Crippen LogP contribution in [0.15, 0.2) is 23.9 Å². The molecule has 1 aliphatic heterocycles. The highest BCUT2D eigenvalue weighted by molar-refractivity contribution is 7.98. The summed E-state index contributed by atoms with van der Waals surface area (Å²) in [6.07, 6.45) is 8.44. The van der Waals surface area contributed by atoms with Crippen LogP contribution in [0.4, 0.5) is 11.6 Å². The van der Waals surface area contributed by atoms with E-state index in [1.165, 1.54) is 0 Å². The summed E-state index contributed by atoms with van der Waals surface area (Å²) in [5.41, 5.74) is 3.02. The lowest BCUT2D eigenvalue weighted by molar-refractivity contribution is 0.772. The lowest BCUT2D eigenvalue weighted by Crippen LogP contribution is -2.32. The molecule has 0 amide bonds. The van der Waals surface area contributed by atoms with E-state index in [-0.39, 0.29) is 0 Å². The van der Waals surface area contributed by atoms with E-state index in [2.05, 4.69) is 43.8 Å². The minimum Gasteiger partial charge on any atom is -0.354 e. The third-order valence-corrected chi connectivity index (χ3v) is 5.37. The minimum absolute atomic E-state index is 0.805. The maximum absolute atomic E-state index is 4.77. The molecule has 1 aliphatic rings. The first kappa shape index (κ1) is 17.0. The molecule has 0 aliphatic carbocycles. The predicted octanol–water partition coefficient (Wildman–Crippen LogP) is 1.97. The van der Waals surface area contributed by atoms with Crippen LogP contribution in [0.2, 0.25) is 0 Å². The third-order valence-electron chi connectivity index (χ3n) is 4.82. The summed E-state index contributed by atoms with van der Waals surface area (Å²) in [5.74, 6) is 1.95. The van der Waals surface area contributed by atoms with Crippen LogP contribution in [-0.4, -0.2) is 62.0 Å². The van der Waals surface area contributed by atoms with E-state index < -0.39 is 0 Å². The van der Waals surface area contributed by atoms with Crippen LogP contribution >= 0.6 is 11.8 Å². The van der Waals surface area contributed by atoms with Gasteiger partial charge in [0.25, 0.3) is 0 Å². The molecule has 26 heavy (non-hydrogen) atoms. The highest BCUT2D eigenvalue weighted by Crippen LogP contribution is 2.25. The SMILES string of the molecule is CSc1nc(C)c(C)c(N2CCCN(c3nccn4cnnc34)CC2)n1. The van der Waals surface area contributed by atoms with Gasteiger partial charge in [-0.25, -0.2) is 15.0 Å². The van der Waals surface area contributed by atoms with Gasteiger partial charge in [-0.2, -0.15) is 0 Å². The topological polar surface area (TPSA) is 75.3 Å². The Labute approximate surface area is 156 Å². The van der Waals surface area contributed by atoms with Crippen LogP contribution < -0.4 is 9.80 Å². The Balaban J connectivity index is 1.59. The first-order chi connectivity index (χ1) is 12.7. The quantitative estimate of drug-likeness (QED) is 0.512. The molecule has 0 spiro atoms. The summed E-state index contributed by atoms with van der Waals surface area (Å²) >= 11 is 1.59. The fourth-order valence-electron chi connectivity index (χ4n) is 3.30. The van der Waals surface area contributed by atoms with Crippen molar-refractivity contribution in [3.8, 4) is 0 Å². The molecule has 3 aromatic heterocycles. The molecule has 4 rings (SSSR count). The first-order valence-electron chi connectivity index (χ1n) is 8.71. The second-order valence-electron chi connectivity index (χ2n) is 6.38. The van der Waals surface area contributed by atoms with Crippen molar-refractivity contribution in [2.24, 2.45) is 0 Å². The molecule has 1 saturated heterocycles. The number of hydrogen-bond acceptors (Lipinski definition) is 8. The fraction of sp³-hybridized carbons (Fsp3) is 0.471. The zero-order chi connectivity index (χ0) is 18.1. The average molecular weight is 370 g/mol. The van der Waals surface area contributed by atoms with Gasteiger partial charge in [0.15, 0.2) is 11.0 Å². The van der Waals surface area contributed by atoms with Gasteiger partial charge in [0.2, 0.25) is 5.65 Å². The lowest BCUT2D eigenvalue weighted by Gasteiger charge is -2.25. The van der Waals surface area contributed by atoms with Crippen molar-refractivity contribution < 1.29 is 0 Å². The number of anilines is 2. The number of aromatic nitrogens is 6. The van der Waals surface area contributed by atoms with Crippen molar-refractivity contribution in [3.05, 3.63) is 30.0 Å². The molecule has 0 unspecified atom stereocenters. The predicted molar refractivity (Wildman–Crippen MR) is 103 cm³/mol. The van der Waals surface area contributed by atoms with Crippen molar-refractivity contribution in [3.63, 3.8) is 0 Å². The molecular weight excluding hydrogens is 348 g/mol. The van der Waals surface area contributed by atoms with Gasteiger partial charge in [-0.3, -0.25) is 4.40 Å². The number of nitrogens with zero attached hydrogens (tertiary/aromatic N) is 8. The molecule has 4 heterocycles. The van der Waals surface area contributed by atoms with Gasteiger partial charge >= 0.3 is 0 Å². The molecule has 0 N–H and O–H groups in total. The summed E-state index contributed by atoms with van der Waals surface area (Å²) in [7, 11) is 0. The van der Waals surface area contributed by atoms with Gasteiger partial charge in [0, 0.05) is 49.8 Å². The van der Waals surface area contributed by atoms with E-state index in [1.807, 2.05) is 16.9 Å². The smallest absolute Gasteiger partial charge is 0.203 e. The van der Waals surface area contributed by atoms with Crippen molar-refractivity contribution in [2.45, 2.75) is 25.4 Å². The van der Waals surface area contributed by atoms with Gasteiger partial charge < -0.3 is 9.80 Å². The maximum atomic E-state index is 4.77. The largest absolute Gasteiger partial charge is 0.354 e. The van der Waals surface area contributed by atoms with Crippen LogP contribution in [-0.2, 0) is 0 Å². The summed E-state index contributed by atoms with van der Waals surface area (Å²) in [6, 6.07) is 0. The van der Waals surface area contributed by atoms with E-state index in [0.717, 1.165) is 66.3 Å². The number of aryl methyl sites for hydroxylation is 1. The lowest BCUT2D eigenvalue weighted by atomic mass is 10.2. The second-order valence-corrected chi connectivity index (χ2v) is 7.16. The molecule has 0 radical (unpaired) electrons. The van der Waals surface area contributed by atoms with Crippen LogP contribution in [0, 0.1) is 13.8 Å². The highest BCUT2D eigenvalue weighted by atomic mass is 32.2. The molecule has 8 nitrogen and oxygen atoms in total. The van der Waals surface area contributed by atoms with Gasteiger partial charge in [0.05, 0.1) is 0 Å². The van der Waals surface area contributed by atoms with Crippen molar-refractivity contribution in [2.75, 3.05) is 42.2 Å². The fourth-order valence-corrected chi connectivity index (χ4v) is 3.70. The Morgan fingerprint density at radius 2 is 1.77 bits per heavy atom. The van der Waals surface area contributed by atoms with Crippen LogP contribution in [0.3, 0.4) is 0 Å². The number of thioether (sulfide) groups is 1. The van der Waals surface area contributed by atoms with Gasteiger partial charge in [-0.1, -0.05) is 11.8 Å². The zero-order valence-electron chi connectivity index (χ0n) is 15.3. The van der Waals surface area contributed by atoms with Gasteiger partial charge in [-0.15, -0.1) is 10.2 Å². The normalized spacial score (nSPS) is 15.5. The molecular formula is C17H22N8S. The maximum Gasteiger partial charge on any atom is 0.203 e. The Kier molecular flexibility index (Phi) is 4.62. The number of hydrogen-bond donors (Lipinski definition) is 0. The molecule has 0 saturated carbocycles. The summed E-state index contributed by atoms with van der Waals surface area (Å²) in [5, 5.41) is 9.05. The molecule has 3 aromatic rings. The van der Waals surface area contributed by atoms with Gasteiger partial charge in [-0.05, 0) is 26.5 Å². The minimum atomic E-state index is 0.805. The van der Waals surface area contributed by atoms with Crippen molar-refractivity contribution >= 4 is 29.0 Å². The van der Waals surface area contributed by atoms with Crippen LogP contribution in [0.1, 0.15) is 17.7 Å². The van der Waals surface area contributed by atoms with E-state index in [0.29, 0.717) is 0 Å². The van der Waals surface area contributed by atoms with E-state index in [4.69, 9.17) is 4.98 Å². The van der Waals surface area contributed by atoms with E-state index >= 15 is 0 Å². The molecule has 9 heteroatoms. The van der Waals surface area contributed by atoms with Crippen molar-refractivity contribution in [1.82, 2.24) is 29.5 Å². The molecule has 0 aromatic carbocycles. The second kappa shape index (κ2) is 7.06. The number of fused-ring (bicyclic) bond motifs is 1. The average Bonchev–Trinajstić information content (AvgIpc) is 3.01. The van der Waals surface area contributed by atoms with Crippen molar-refractivity contribution in [1.29, 1.82) is 0 Å². The van der Waals surface area contributed by atoms with E-state index in [9.17, 15) is 0 Å². The number of rotatable bonds is 3. The Morgan fingerprint density at radius 3 is 2.54 bits per heavy atom. The molecule has 1 fully saturated rings. The standard InChI is InChI=1S/C17H22N8S/c1-12-13(2)20-17(26-3)21-14(12)23-6-4-7-24(10-9-23)15-16-22-19-11-25(16)8-5-18-15/h5,8,11H,4,6-7,9-10H2,1-3H3. The summed E-state index contributed by atoms with van der Waals surface area (Å²) in [4.78, 5) is 18.5. The first-order valence-corrected chi connectivity index (χ1v) is 9.93. The van der Waals surface area contributed by atoms with Crippen LogP contribution in [0.25, 0.3) is 5.65 Å². The molecule has 136 valence electrons. The zero-order valence-corrected chi connectivity index (χ0v) is 16.1. The Bertz CT molecular complexity index is 924. The summed E-state index contributed by atoms with van der Waals surface area (Å²) < 4.78 is 1.91. The Hall–Kier alpha value is -2.42. The third kappa shape index (κ3) is 3.07.